The topological polar surface area (TPSA) is 43.1 Å². The highest BCUT2D eigenvalue weighted by molar-refractivity contribution is 5.94. The minimum atomic E-state index is 0.138. The molecule has 23 heavy (non-hydrogen) atoms. The van der Waals surface area contributed by atoms with Crippen molar-refractivity contribution in [2.24, 2.45) is 22.5 Å². The van der Waals surface area contributed by atoms with Crippen LogP contribution in [0.3, 0.4) is 0 Å². The molecular formula is C21H33NO. The standard InChI is InChI=1S/C21H33NO/c1-6-21(5)13-11-18(20(3,4)19(21)12-14-22)17-9-7-16(8-10-17)15(2)23/h7-10,18-19H,6,11-14,22H2,1-5H3. The Morgan fingerprint density at radius 1 is 1.22 bits per heavy atom. The Balaban J connectivity index is 2.34. The molecule has 0 spiro atoms. The van der Waals surface area contributed by atoms with E-state index >= 15 is 0 Å². The summed E-state index contributed by atoms with van der Waals surface area (Å²) in [5.74, 6) is 1.31. The third-order valence-corrected chi connectivity index (χ3v) is 6.62. The van der Waals surface area contributed by atoms with Crippen molar-refractivity contribution in [1.82, 2.24) is 0 Å². The summed E-state index contributed by atoms with van der Waals surface area (Å²) in [6.45, 7) is 12.0. The predicted molar refractivity (Wildman–Crippen MR) is 97.8 cm³/mol. The number of benzene rings is 1. The molecule has 128 valence electrons. The lowest BCUT2D eigenvalue weighted by atomic mass is 9.50. The first-order chi connectivity index (χ1) is 10.8. The lowest BCUT2D eigenvalue weighted by molar-refractivity contribution is -0.0235. The van der Waals surface area contributed by atoms with Crippen molar-refractivity contribution in [3.8, 4) is 0 Å². The van der Waals surface area contributed by atoms with E-state index < -0.39 is 0 Å². The molecule has 0 aromatic heterocycles. The largest absolute Gasteiger partial charge is 0.330 e. The molecule has 1 aromatic carbocycles. The monoisotopic (exact) mass is 315 g/mol. The molecule has 2 N–H and O–H groups in total. The van der Waals surface area contributed by atoms with Gasteiger partial charge in [0.15, 0.2) is 5.78 Å². The van der Waals surface area contributed by atoms with Crippen molar-refractivity contribution < 1.29 is 4.79 Å². The molecule has 1 aromatic rings. The van der Waals surface area contributed by atoms with Crippen LogP contribution in [0, 0.1) is 16.7 Å². The highest BCUT2D eigenvalue weighted by Crippen LogP contribution is 2.59. The lowest BCUT2D eigenvalue weighted by Crippen LogP contribution is -2.46. The molecule has 3 atom stereocenters. The number of carbonyl (C=O) groups excluding carboxylic acids is 1. The Labute approximate surface area is 141 Å². The Bertz CT molecular complexity index is 545. The first-order valence-corrected chi connectivity index (χ1v) is 9.07. The van der Waals surface area contributed by atoms with Gasteiger partial charge < -0.3 is 5.73 Å². The Morgan fingerprint density at radius 2 is 1.83 bits per heavy atom. The Hall–Kier alpha value is -1.15. The van der Waals surface area contributed by atoms with Crippen LogP contribution in [0.5, 0.6) is 0 Å². The van der Waals surface area contributed by atoms with Crippen LogP contribution in [0.25, 0.3) is 0 Å². The fraction of sp³-hybridized carbons (Fsp3) is 0.667. The second kappa shape index (κ2) is 6.76. The van der Waals surface area contributed by atoms with Gasteiger partial charge in [0.1, 0.15) is 0 Å². The first kappa shape index (κ1) is 18.2. The maximum atomic E-state index is 11.5. The third-order valence-electron chi connectivity index (χ3n) is 6.62. The minimum Gasteiger partial charge on any atom is -0.330 e. The molecule has 1 aliphatic carbocycles. The fourth-order valence-electron chi connectivity index (χ4n) is 5.02. The van der Waals surface area contributed by atoms with Crippen LogP contribution in [0.1, 0.15) is 82.1 Å². The minimum absolute atomic E-state index is 0.138. The number of hydrogen-bond donors (Lipinski definition) is 1. The molecule has 1 aliphatic rings. The molecular weight excluding hydrogens is 282 g/mol. The molecule has 0 radical (unpaired) electrons. The number of hydrogen-bond acceptors (Lipinski definition) is 2. The molecule has 2 rings (SSSR count). The molecule has 2 nitrogen and oxygen atoms in total. The Morgan fingerprint density at radius 3 is 2.30 bits per heavy atom. The van der Waals surface area contributed by atoms with E-state index in [1.165, 1.54) is 24.8 Å². The van der Waals surface area contributed by atoms with E-state index in [1.54, 1.807) is 6.92 Å². The lowest BCUT2D eigenvalue weighted by Gasteiger charge is -2.55. The van der Waals surface area contributed by atoms with Crippen LogP contribution in [-0.2, 0) is 0 Å². The molecule has 2 heteroatoms. The van der Waals surface area contributed by atoms with Crippen molar-refractivity contribution in [2.45, 2.75) is 66.2 Å². The molecule has 1 fully saturated rings. The quantitative estimate of drug-likeness (QED) is 0.761. The van der Waals surface area contributed by atoms with Gasteiger partial charge in [-0.15, -0.1) is 0 Å². The molecule has 1 saturated carbocycles. The van der Waals surface area contributed by atoms with E-state index in [-0.39, 0.29) is 11.2 Å². The van der Waals surface area contributed by atoms with Crippen molar-refractivity contribution >= 4 is 5.78 Å². The van der Waals surface area contributed by atoms with E-state index in [4.69, 9.17) is 5.73 Å². The van der Waals surface area contributed by atoms with Gasteiger partial charge in [0.25, 0.3) is 0 Å². The van der Waals surface area contributed by atoms with Gasteiger partial charge in [-0.1, -0.05) is 58.4 Å². The van der Waals surface area contributed by atoms with Crippen LogP contribution < -0.4 is 5.73 Å². The van der Waals surface area contributed by atoms with Gasteiger partial charge in [-0.3, -0.25) is 4.79 Å². The zero-order valence-electron chi connectivity index (χ0n) is 15.5. The van der Waals surface area contributed by atoms with Crippen molar-refractivity contribution in [3.63, 3.8) is 0 Å². The predicted octanol–water partition coefficient (Wildman–Crippen LogP) is 5.17. The molecule has 3 unspecified atom stereocenters. The number of nitrogens with two attached hydrogens (primary N) is 1. The van der Waals surface area contributed by atoms with Crippen LogP contribution >= 0.6 is 0 Å². The van der Waals surface area contributed by atoms with E-state index in [2.05, 4.69) is 39.8 Å². The maximum absolute atomic E-state index is 11.5. The summed E-state index contributed by atoms with van der Waals surface area (Å²) in [6.07, 6.45) is 4.80. The summed E-state index contributed by atoms with van der Waals surface area (Å²) >= 11 is 0. The van der Waals surface area contributed by atoms with Gasteiger partial charge in [0.05, 0.1) is 0 Å². The molecule has 0 saturated heterocycles. The smallest absolute Gasteiger partial charge is 0.159 e. The highest BCUT2D eigenvalue weighted by atomic mass is 16.1. The second-order valence-corrected chi connectivity index (χ2v) is 8.23. The average Bonchev–Trinajstić information content (AvgIpc) is 2.51. The number of ketones is 1. The summed E-state index contributed by atoms with van der Waals surface area (Å²) in [7, 11) is 0. The SMILES string of the molecule is CCC1(C)CCC(c2ccc(C(C)=O)cc2)C(C)(C)C1CCN. The van der Waals surface area contributed by atoms with Gasteiger partial charge in [-0.05, 0) is 61.0 Å². The van der Waals surface area contributed by atoms with Crippen LogP contribution in [0.15, 0.2) is 24.3 Å². The van der Waals surface area contributed by atoms with Gasteiger partial charge >= 0.3 is 0 Å². The number of Topliss-reactive ketones (excluding diaryl/α,β-unsaturated/α-hetero) is 1. The summed E-state index contributed by atoms with van der Waals surface area (Å²) in [6, 6.07) is 8.30. The maximum Gasteiger partial charge on any atom is 0.159 e. The second-order valence-electron chi connectivity index (χ2n) is 8.23. The summed E-state index contributed by atoms with van der Waals surface area (Å²) in [5, 5.41) is 0. The van der Waals surface area contributed by atoms with Crippen LogP contribution in [-0.4, -0.2) is 12.3 Å². The van der Waals surface area contributed by atoms with E-state index in [0.29, 0.717) is 17.3 Å². The van der Waals surface area contributed by atoms with Gasteiger partial charge in [0, 0.05) is 5.56 Å². The zero-order chi connectivity index (χ0) is 17.3. The van der Waals surface area contributed by atoms with Crippen molar-refractivity contribution in [1.29, 1.82) is 0 Å². The van der Waals surface area contributed by atoms with E-state index in [0.717, 1.165) is 18.5 Å². The molecule has 0 aliphatic heterocycles. The number of rotatable bonds is 5. The summed E-state index contributed by atoms with van der Waals surface area (Å²) in [5.41, 5.74) is 8.75. The highest BCUT2D eigenvalue weighted by Gasteiger charge is 2.49. The summed E-state index contributed by atoms with van der Waals surface area (Å²) < 4.78 is 0. The number of carbonyl (C=O) groups is 1. The van der Waals surface area contributed by atoms with Gasteiger partial charge in [-0.25, -0.2) is 0 Å². The van der Waals surface area contributed by atoms with Crippen molar-refractivity contribution in [3.05, 3.63) is 35.4 Å². The van der Waals surface area contributed by atoms with Crippen LogP contribution in [0.2, 0.25) is 0 Å². The van der Waals surface area contributed by atoms with Crippen LogP contribution in [0.4, 0.5) is 0 Å². The first-order valence-electron chi connectivity index (χ1n) is 9.07. The zero-order valence-corrected chi connectivity index (χ0v) is 15.5. The van der Waals surface area contributed by atoms with E-state index in [9.17, 15) is 4.79 Å². The Kier molecular flexibility index (Phi) is 5.35. The average molecular weight is 316 g/mol. The molecule has 0 bridgehead atoms. The third kappa shape index (κ3) is 3.38. The van der Waals surface area contributed by atoms with Gasteiger partial charge in [-0.2, -0.15) is 0 Å². The fourth-order valence-corrected chi connectivity index (χ4v) is 5.02. The molecule has 0 heterocycles. The molecule has 0 amide bonds. The normalized spacial score (nSPS) is 30.2. The van der Waals surface area contributed by atoms with E-state index in [1.807, 2.05) is 12.1 Å². The van der Waals surface area contributed by atoms with Gasteiger partial charge in [0.2, 0.25) is 0 Å². The van der Waals surface area contributed by atoms with Crippen molar-refractivity contribution in [2.75, 3.05) is 6.54 Å². The summed E-state index contributed by atoms with van der Waals surface area (Å²) in [4.78, 5) is 11.5.